The van der Waals surface area contributed by atoms with Crippen molar-refractivity contribution in [2.45, 2.75) is 50.7 Å². The second-order valence-electron chi connectivity index (χ2n) is 10.0. The van der Waals surface area contributed by atoms with Crippen molar-refractivity contribution in [2.75, 3.05) is 13.1 Å². The molecule has 6 rings (SSSR count). The third-order valence-corrected chi connectivity index (χ3v) is 7.74. The Hall–Kier alpha value is -3.65. The topological polar surface area (TPSA) is 82.6 Å². The van der Waals surface area contributed by atoms with Crippen molar-refractivity contribution in [3.8, 4) is 0 Å². The van der Waals surface area contributed by atoms with Crippen molar-refractivity contribution in [1.29, 1.82) is 0 Å². The Balaban J connectivity index is 1.13. The summed E-state index contributed by atoms with van der Waals surface area (Å²) in [6, 6.07) is 12.8. The smallest absolute Gasteiger partial charge is 0.255 e. The van der Waals surface area contributed by atoms with Gasteiger partial charge in [-0.25, -0.2) is 4.39 Å². The van der Waals surface area contributed by atoms with Gasteiger partial charge >= 0.3 is 0 Å². The van der Waals surface area contributed by atoms with Crippen LogP contribution in [0.4, 0.5) is 4.39 Å². The van der Waals surface area contributed by atoms with Gasteiger partial charge in [-0.05, 0) is 79.2 Å². The molecule has 8 heteroatoms. The molecule has 2 fully saturated rings. The normalized spacial score (nSPS) is 21.2. The minimum atomic E-state index is -0.691. The van der Waals surface area contributed by atoms with Crippen molar-refractivity contribution in [3.63, 3.8) is 0 Å². The van der Waals surface area contributed by atoms with Gasteiger partial charge in [-0.2, -0.15) is 0 Å². The molecule has 0 spiro atoms. The van der Waals surface area contributed by atoms with E-state index in [1.807, 2.05) is 12.1 Å². The number of likely N-dealkylation sites (tertiary alicyclic amines) is 1. The summed E-state index contributed by atoms with van der Waals surface area (Å²) >= 11 is 0. The third-order valence-electron chi connectivity index (χ3n) is 7.74. The SMILES string of the molecule is O=C1CCC(N2Cc3cc(C4CCN(Cc5ccc6ncccc6c5)CC4)c(F)cc3C2=O)C(=O)N1. The number of nitrogens with zero attached hydrogens (tertiary/aromatic N) is 3. The Morgan fingerprint density at radius 2 is 1.86 bits per heavy atom. The molecule has 184 valence electrons. The Bertz CT molecular complexity index is 1380. The summed E-state index contributed by atoms with van der Waals surface area (Å²) in [7, 11) is 0. The highest BCUT2D eigenvalue weighted by Gasteiger charge is 2.40. The predicted octanol–water partition coefficient (Wildman–Crippen LogP) is 3.51. The first-order valence-corrected chi connectivity index (χ1v) is 12.5. The van der Waals surface area contributed by atoms with E-state index in [-0.39, 0.29) is 36.5 Å². The molecule has 1 atom stereocenters. The summed E-state index contributed by atoms with van der Waals surface area (Å²) in [6.45, 7) is 2.85. The van der Waals surface area contributed by atoms with Gasteiger partial charge in [0.05, 0.1) is 5.52 Å². The van der Waals surface area contributed by atoms with E-state index >= 15 is 4.39 Å². The number of benzene rings is 2. The lowest BCUT2D eigenvalue weighted by Gasteiger charge is -2.32. The van der Waals surface area contributed by atoms with Crippen molar-refractivity contribution in [1.82, 2.24) is 20.1 Å². The van der Waals surface area contributed by atoms with Gasteiger partial charge in [-0.3, -0.25) is 29.6 Å². The standard InChI is InChI=1S/C28H27FN4O3/c29-23-14-22-20(16-33(28(22)36)25-5-6-26(34)31-27(25)35)13-21(23)18-7-10-32(11-8-18)15-17-3-4-24-19(12-17)2-1-9-30-24/h1-4,9,12-14,18,25H,5-8,10-11,15-16H2,(H,31,34,35). The Morgan fingerprint density at radius 1 is 1.03 bits per heavy atom. The number of carbonyl (C=O) groups is 3. The number of amides is 3. The number of hydrogen-bond donors (Lipinski definition) is 1. The molecule has 1 aromatic heterocycles. The molecular weight excluding hydrogens is 459 g/mol. The van der Waals surface area contributed by atoms with Gasteiger partial charge in [0.25, 0.3) is 5.91 Å². The average molecular weight is 487 g/mol. The molecule has 3 amide bonds. The number of pyridine rings is 1. The largest absolute Gasteiger partial charge is 0.322 e. The van der Waals surface area contributed by atoms with Crippen LogP contribution in [-0.4, -0.2) is 51.6 Å². The maximum Gasteiger partial charge on any atom is 0.255 e. The molecular formula is C28H27FN4O3. The zero-order chi connectivity index (χ0) is 24.8. The highest BCUT2D eigenvalue weighted by Crippen LogP contribution is 2.35. The molecule has 2 saturated heterocycles. The summed E-state index contributed by atoms with van der Waals surface area (Å²) in [5.41, 5.74) is 3.96. The number of carbonyl (C=O) groups excluding carboxylic acids is 3. The van der Waals surface area contributed by atoms with E-state index in [0.717, 1.165) is 48.9 Å². The molecule has 3 aromatic rings. The summed E-state index contributed by atoms with van der Waals surface area (Å²) in [5, 5.41) is 3.44. The predicted molar refractivity (Wildman–Crippen MR) is 131 cm³/mol. The van der Waals surface area contributed by atoms with Gasteiger partial charge in [-0.1, -0.05) is 18.2 Å². The van der Waals surface area contributed by atoms with E-state index in [1.54, 1.807) is 6.20 Å². The second kappa shape index (κ2) is 9.09. The minimum absolute atomic E-state index is 0.0899. The number of nitrogens with one attached hydrogen (secondary N) is 1. The van der Waals surface area contributed by atoms with Gasteiger partial charge in [0.1, 0.15) is 11.9 Å². The van der Waals surface area contributed by atoms with Crippen molar-refractivity contribution < 1.29 is 18.8 Å². The molecule has 0 radical (unpaired) electrons. The van der Waals surface area contributed by atoms with Crippen LogP contribution in [0.1, 0.15) is 58.6 Å². The van der Waals surface area contributed by atoms with Gasteiger partial charge in [0.15, 0.2) is 0 Å². The van der Waals surface area contributed by atoms with E-state index in [0.29, 0.717) is 17.5 Å². The molecule has 3 aliphatic heterocycles. The summed E-state index contributed by atoms with van der Waals surface area (Å²) < 4.78 is 15.2. The lowest BCUT2D eigenvalue weighted by molar-refractivity contribution is -0.136. The lowest BCUT2D eigenvalue weighted by Crippen LogP contribution is -2.52. The zero-order valence-corrected chi connectivity index (χ0v) is 19.9. The molecule has 0 bridgehead atoms. The second-order valence-corrected chi connectivity index (χ2v) is 10.0. The first kappa shape index (κ1) is 22.8. The minimum Gasteiger partial charge on any atom is -0.322 e. The van der Waals surface area contributed by atoms with E-state index in [9.17, 15) is 14.4 Å². The highest BCUT2D eigenvalue weighted by molar-refractivity contribution is 6.05. The van der Waals surface area contributed by atoms with Crippen LogP contribution in [0.15, 0.2) is 48.7 Å². The number of imide groups is 1. The number of fused-ring (bicyclic) bond motifs is 2. The zero-order valence-electron chi connectivity index (χ0n) is 19.9. The van der Waals surface area contributed by atoms with Gasteiger partial charge in [0, 0.05) is 36.7 Å². The summed E-state index contributed by atoms with van der Waals surface area (Å²) in [4.78, 5) is 45.0. The van der Waals surface area contributed by atoms with E-state index in [2.05, 4.69) is 39.5 Å². The quantitative estimate of drug-likeness (QED) is 0.571. The molecule has 1 unspecified atom stereocenters. The van der Waals surface area contributed by atoms with Crippen molar-refractivity contribution in [3.05, 3.63) is 76.7 Å². The third kappa shape index (κ3) is 4.15. The number of hydrogen-bond acceptors (Lipinski definition) is 5. The Kier molecular flexibility index (Phi) is 5.76. The fourth-order valence-electron chi connectivity index (χ4n) is 5.80. The van der Waals surface area contributed by atoms with Crippen LogP contribution >= 0.6 is 0 Å². The number of piperidine rings is 2. The van der Waals surface area contributed by atoms with E-state index in [1.165, 1.54) is 16.5 Å². The van der Waals surface area contributed by atoms with Crippen LogP contribution in [0, 0.1) is 5.82 Å². The number of halogens is 1. The van der Waals surface area contributed by atoms with Crippen molar-refractivity contribution >= 4 is 28.6 Å². The molecule has 3 aliphatic rings. The van der Waals surface area contributed by atoms with Crippen LogP contribution in [0.5, 0.6) is 0 Å². The van der Waals surface area contributed by atoms with Gasteiger partial charge in [-0.15, -0.1) is 0 Å². The maximum atomic E-state index is 15.2. The van der Waals surface area contributed by atoms with Crippen LogP contribution in [0.25, 0.3) is 10.9 Å². The van der Waals surface area contributed by atoms with Crippen LogP contribution in [-0.2, 0) is 22.7 Å². The lowest BCUT2D eigenvalue weighted by atomic mass is 9.87. The molecule has 7 nitrogen and oxygen atoms in total. The maximum absolute atomic E-state index is 15.2. The molecule has 0 aliphatic carbocycles. The van der Waals surface area contributed by atoms with Gasteiger partial charge in [0.2, 0.25) is 11.8 Å². The molecule has 36 heavy (non-hydrogen) atoms. The van der Waals surface area contributed by atoms with E-state index < -0.39 is 11.9 Å². The molecule has 0 saturated carbocycles. The number of aromatic nitrogens is 1. The summed E-state index contributed by atoms with van der Waals surface area (Å²) in [6.07, 6.45) is 3.98. The molecule has 1 N–H and O–H groups in total. The van der Waals surface area contributed by atoms with E-state index in [4.69, 9.17) is 0 Å². The highest BCUT2D eigenvalue weighted by atomic mass is 19.1. The molecule has 2 aromatic carbocycles. The van der Waals surface area contributed by atoms with Crippen LogP contribution in [0.3, 0.4) is 0 Å². The Labute approximate surface area is 208 Å². The fraction of sp³-hybridized carbons (Fsp3) is 0.357. The van der Waals surface area contributed by atoms with Crippen molar-refractivity contribution in [2.24, 2.45) is 0 Å². The van der Waals surface area contributed by atoms with Crippen LogP contribution in [0.2, 0.25) is 0 Å². The van der Waals surface area contributed by atoms with Crippen LogP contribution < -0.4 is 5.32 Å². The number of rotatable bonds is 4. The Morgan fingerprint density at radius 3 is 2.67 bits per heavy atom. The first-order valence-electron chi connectivity index (χ1n) is 12.5. The first-order chi connectivity index (χ1) is 17.5. The van der Waals surface area contributed by atoms with Gasteiger partial charge < -0.3 is 4.90 Å². The average Bonchev–Trinajstić information content (AvgIpc) is 3.19. The summed E-state index contributed by atoms with van der Waals surface area (Å²) in [5.74, 6) is -1.38. The fourth-order valence-corrected chi connectivity index (χ4v) is 5.80. The molecule has 4 heterocycles. The monoisotopic (exact) mass is 486 g/mol.